The molecule has 0 saturated carbocycles. The third-order valence-corrected chi connectivity index (χ3v) is 2.51. The molecule has 96 valence electrons. The van der Waals surface area contributed by atoms with Gasteiger partial charge in [-0.3, -0.25) is 0 Å². The van der Waals surface area contributed by atoms with Crippen molar-refractivity contribution in [1.29, 1.82) is 0 Å². The van der Waals surface area contributed by atoms with Gasteiger partial charge in [0.05, 0.1) is 18.2 Å². The molecule has 1 atom stereocenters. The highest BCUT2D eigenvalue weighted by molar-refractivity contribution is 5.80. The number of hydrogen-bond acceptors (Lipinski definition) is 3. The number of alkyl halides is 3. The number of aliphatic hydroxyl groups is 1. The van der Waals surface area contributed by atoms with E-state index in [2.05, 4.69) is 4.98 Å². The largest absolute Gasteiger partial charge is 0.481 e. The molecule has 3 nitrogen and oxygen atoms in total. The summed E-state index contributed by atoms with van der Waals surface area (Å²) < 4.78 is 42.4. The minimum atomic E-state index is -4.75. The summed E-state index contributed by atoms with van der Waals surface area (Å²) >= 11 is 0. The zero-order valence-electron chi connectivity index (χ0n) is 9.40. The number of halogens is 3. The van der Waals surface area contributed by atoms with Crippen LogP contribution in [0.2, 0.25) is 0 Å². The first-order chi connectivity index (χ1) is 8.43. The Morgan fingerprint density at radius 2 is 1.94 bits per heavy atom. The Morgan fingerprint density at radius 1 is 1.28 bits per heavy atom. The smallest absolute Gasteiger partial charge is 0.418 e. The number of nitrogens with zero attached hydrogens (tertiary/aromatic N) is 1. The van der Waals surface area contributed by atoms with E-state index >= 15 is 0 Å². The number of aromatic nitrogens is 1. The maximum absolute atomic E-state index is 12.5. The van der Waals surface area contributed by atoms with Crippen LogP contribution in [-0.2, 0) is 0 Å². The lowest BCUT2D eigenvalue weighted by Gasteiger charge is -2.17. The Morgan fingerprint density at radius 3 is 2.56 bits per heavy atom. The summed E-state index contributed by atoms with van der Waals surface area (Å²) in [5.41, 5.74) is 0.121. The van der Waals surface area contributed by atoms with Crippen LogP contribution in [0.4, 0.5) is 13.2 Å². The quantitative estimate of drug-likeness (QED) is 0.899. The zero-order chi connectivity index (χ0) is 13.3. The second-order valence-corrected chi connectivity index (χ2v) is 3.72. The van der Waals surface area contributed by atoms with Gasteiger partial charge in [-0.2, -0.15) is 13.2 Å². The fourth-order valence-corrected chi connectivity index (χ4v) is 1.65. The molecular formula is C12H10F3NO2. The molecule has 1 aromatic carbocycles. The predicted octanol–water partition coefficient (Wildman–Crippen LogP) is 2.84. The second kappa shape index (κ2) is 4.45. The average Bonchev–Trinajstić information content (AvgIpc) is 2.35. The van der Waals surface area contributed by atoms with E-state index in [1.165, 1.54) is 13.2 Å². The van der Waals surface area contributed by atoms with Crippen LogP contribution in [0, 0.1) is 0 Å². The number of pyridine rings is 1. The Balaban J connectivity index is 2.62. The van der Waals surface area contributed by atoms with Crippen molar-refractivity contribution in [3.05, 3.63) is 35.9 Å². The lowest BCUT2D eigenvalue weighted by atomic mass is 10.1. The van der Waals surface area contributed by atoms with E-state index in [9.17, 15) is 18.3 Å². The van der Waals surface area contributed by atoms with Crippen LogP contribution >= 0.6 is 0 Å². The highest BCUT2D eigenvalue weighted by Gasteiger charge is 2.41. The average molecular weight is 257 g/mol. The molecule has 0 bridgehead atoms. The number of para-hydroxylation sites is 1. The maximum Gasteiger partial charge on any atom is 0.418 e. The molecular weight excluding hydrogens is 247 g/mol. The number of benzene rings is 1. The summed E-state index contributed by atoms with van der Waals surface area (Å²) in [5.74, 6) is -0.224. The fourth-order valence-electron chi connectivity index (χ4n) is 1.65. The van der Waals surface area contributed by atoms with Crippen molar-refractivity contribution < 1.29 is 23.0 Å². The molecule has 0 spiro atoms. The van der Waals surface area contributed by atoms with E-state index in [1.54, 1.807) is 24.3 Å². The van der Waals surface area contributed by atoms with E-state index < -0.39 is 12.3 Å². The van der Waals surface area contributed by atoms with Crippen molar-refractivity contribution in [3.8, 4) is 5.88 Å². The van der Waals surface area contributed by atoms with E-state index in [1.807, 2.05) is 0 Å². The molecule has 18 heavy (non-hydrogen) atoms. The van der Waals surface area contributed by atoms with Crippen molar-refractivity contribution in [2.24, 2.45) is 0 Å². The van der Waals surface area contributed by atoms with Crippen LogP contribution in [0.15, 0.2) is 30.3 Å². The molecule has 0 fully saturated rings. The molecule has 0 aliphatic carbocycles. The molecule has 2 rings (SSSR count). The molecule has 0 aliphatic heterocycles. The van der Waals surface area contributed by atoms with Gasteiger partial charge < -0.3 is 9.84 Å². The number of ether oxygens (including phenoxy) is 1. The lowest BCUT2D eigenvalue weighted by Crippen LogP contribution is -2.21. The lowest BCUT2D eigenvalue weighted by molar-refractivity contribution is -0.207. The number of hydrogen-bond donors (Lipinski definition) is 1. The Hall–Kier alpha value is -1.82. The van der Waals surface area contributed by atoms with Crippen molar-refractivity contribution in [2.45, 2.75) is 12.3 Å². The van der Waals surface area contributed by atoms with Gasteiger partial charge in [0.2, 0.25) is 5.88 Å². The second-order valence-electron chi connectivity index (χ2n) is 3.72. The van der Waals surface area contributed by atoms with Gasteiger partial charge >= 0.3 is 6.18 Å². The van der Waals surface area contributed by atoms with Gasteiger partial charge in [0.25, 0.3) is 0 Å². The van der Waals surface area contributed by atoms with Crippen LogP contribution < -0.4 is 4.74 Å². The van der Waals surface area contributed by atoms with Crippen LogP contribution in [0.25, 0.3) is 10.9 Å². The van der Waals surface area contributed by atoms with Crippen LogP contribution in [-0.4, -0.2) is 23.4 Å². The molecule has 0 saturated heterocycles. The summed E-state index contributed by atoms with van der Waals surface area (Å²) in [6.07, 6.45) is -7.36. The molecule has 0 aliphatic rings. The summed E-state index contributed by atoms with van der Waals surface area (Å²) in [6.45, 7) is 0. The van der Waals surface area contributed by atoms with E-state index in [-0.39, 0.29) is 11.4 Å². The molecule has 0 unspecified atom stereocenters. The summed E-state index contributed by atoms with van der Waals surface area (Å²) in [7, 11) is 1.21. The normalized spacial score (nSPS) is 13.6. The Bertz CT molecular complexity index is 569. The SMILES string of the molecule is COc1nc2ccccc2cc1[C@H](O)C(F)(F)F. The van der Waals surface area contributed by atoms with Crippen molar-refractivity contribution in [1.82, 2.24) is 4.98 Å². The summed E-state index contributed by atoms with van der Waals surface area (Å²) in [4.78, 5) is 3.95. The van der Waals surface area contributed by atoms with Crippen LogP contribution in [0.5, 0.6) is 5.88 Å². The van der Waals surface area contributed by atoms with Gasteiger partial charge in [0, 0.05) is 5.39 Å². The third kappa shape index (κ3) is 2.24. The van der Waals surface area contributed by atoms with E-state index in [4.69, 9.17) is 4.74 Å². The Kier molecular flexibility index (Phi) is 3.13. The fraction of sp³-hybridized carbons (Fsp3) is 0.250. The number of fused-ring (bicyclic) bond motifs is 1. The van der Waals surface area contributed by atoms with Gasteiger partial charge in [-0.15, -0.1) is 0 Å². The van der Waals surface area contributed by atoms with Gasteiger partial charge in [-0.1, -0.05) is 18.2 Å². The zero-order valence-corrected chi connectivity index (χ0v) is 9.40. The molecule has 0 radical (unpaired) electrons. The molecule has 1 heterocycles. The molecule has 1 N–H and O–H groups in total. The minimum Gasteiger partial charge on any atom is -0.481 e. The number of rotatable bonds is 2. The highest BCUT2D eigenvalue weighted by Crippen LogP contribution is 2.37. The first-order valence-corrected chi connectivity index (χ1v) is 5.12. The maximum atomic E-state index is 12.5. The monoisotopic (exact) mass is 257 g/mol. The number of methoxy groups -OCH3 is 1. The van der Waals surface area contributed by atoms with Gasteiger partial charge in [0.1, 0.15) is 0 Å². The number of aliphatic hydroxyl groups excluding tert-OH is 1. The first kappa shape index (κ1) is 12.6. The standard InChI is InChI=1S/C12H10F3NO2/c1-18-11-8(10(17)12(13,14)15)6-7-4-2-3-5-9(7)16-11/h2-6,10,17H,1H3/t10-/m0/s1. The van der Waals surface area contributed by atoms with Crippen LogP contribution in [0.1, 0.15) is 11.7 Å². The van der Waals surface area contributed by atoms with Gasteiger partial charge in [-0.25, -0.2) is 4.98 Å². The molecule has 2 aromatic rings. The third-order valence-electron chi connectivity index (χ3n) is 2.51. The van der Waals surface area contributed by atoms with Gasteiger partial charge in [0.15, 0.2) is 6.10 Å². The van der Waals surface area contributed by atoms with Crippen molar-refractivity contribution in [3.63, 3.8) is 0 Å². The van der Waals surface area contributed by atoms with E-state index in [0.29, 0.717) is 10.9 Å². The van der Waals surface area contributed by atoms with Crippen molar-refractivity contribution in [2.75, 3.05) is 7.11 Å². The molecule has 1 aromatic heterocycles. The van der Waals surface area contributed by atoms with Crippen molar-refractivity contribution >= 4 is 10.9 Å². The summed E-state index contributed by atoms with van der Waals surface area (Å²) in [6, 6.07) is 7.91. The van der Waals surface area contributed by atoms with Gasteiger partial charge in [-0.05, 0) is 12.1 Å². The minimum absolute atomic E-state index is 0.224. The topological polar surface area (TPSA) is 42.4 Å². The molecule has 6 heteroatoms. The van der Waals surface area contributed by atoms with E-state index in [0.717, 1.165) is 0 Å². The highest BCUT2D eigenvalue weighted by atomic mass is 19.4. The predicted molar refractivity (Wildman–Crippen MR) is 59.3 cm³/mol. The summed E-state index contributed by atoms with van der Waals surface area (Å²) in [5, 5.41) is 9.79. The first-order valence-electron chi connectivity index (χ1n) is 5.12. The molecule has 0 amide bonds. The van der Waals surface area contributed by atoms with Crippen LogP contribution in [0.3, 0.4) is 0 Å². The Labute approximate surface area is 101 Å².